The molecular weight excluding hydrogens is 700 g/mol. The number of carbonyl (C=O) groups is 3. The number of benzene rings is 2. The van der Waals surface area contributed by atoms with E-state index in [9.17, 15) is 19.2 Å². The van der Waals surface area contributed by atoms with Crippen LogP contribution in [0.1, 0.15) is 93.2 Å². The molecule has 4 fully saturated rings. The first-order valence-corrected chi connectivity index (χ1v) is 19.8. The molecule has 13 nitrogen and oxygen atoms in total. The van der Waals surface area contributed by atoms with Crippen molar-refractivity contribution in [1.82, 2.24) is 24.6 Å². The second kappa shape index (κ2) is 16.0. The molecule has 0 unspecified atom stereocenters. The first-order valence-electron chi connectivity index (χ1n) is 19.8. The summed E-state index contributed by atoms with van der Waals surface area (Å²) < 4.78 is 21.7. The van der Waals surface area contributed by atoms with Crippen molar-refractivity contribution in [3.05, 3.63) is 82.4 Å². The van der Waals surface area contributed by atoms with Crippen LogP contribution in [0.3, 0.4) is 0 Å². The van der Waals surface area contributed by atoms with Gasteiger partial charge in [-0.05, 0) is 101 Å². The number of anilines is 1. The smallest absolute Gasteiger partial charge is 0.274 e. The molecule has 2 N–H and O–H groups in total. The third-order valence-corrected chi connectivity index (χ3v) is 11.3. The van der Waals surface area contributed by atoms with Gasteiger partial charge in [-0.1, -0.05) is 12.1 Å². The van der Waals surface area contributed by atoms with E-state index in [-0.39, 0.29) is 59.6 Å². The maximum atomic E-state index is 13.6. The monoisotopic (exact) mass is 750 g/mol. The fourth-order valence-corrected chi connectivity index (χ4v) is 8.19. The lowest BCUT2D eigenvalue weighted by molar-refractivity contribution is -0.138. The molecule has 55 heavy (non-hydrogen) atoms. The van der Waals surface area contributed by atoms with Crippen LogP contribution in [0.25, 0.3) is 10.9 Å². The zero-order chi connectivity index (χ0) is 38.1. The van der Waals surface area contributed by atoms with Gasteiger partial charge in [0.1, 0.15) is 17.2 Å². The van der Waals surface area contributed by atoms with Gasteiger partial charge in [-0.25, -0.2) is 0 Å². The molecule has 0 bridgehead atoms. The van der Waals surface area contributed by atoms with E-state index in [0.717, 1.165) is 75.5 Å². The number of amides is 3. The lowest BCUT2D eigenvalue weighted by atomic mass is 9.85. The second-order valence-electron chi connectivity index (χ2n) is 15.8. The molecule has 8 rings (SSSR count). The molecule has 0 spiro atoms. The van der Waals surface area contributed by atoms with Gasteiger partial charge in [0.2, 0.25) is 5.91 Å². The summed E-state index contributed by atoms with van der Waals surface area (Å²) in [5, 5.41) is 11.0. The molecule has 2 saturated carbocycles. The maximum absolute atomic E-state index is 13.6. The van der Waals surface area contributed by atoms with Crippen molar-refractivity contribution in [2.24, 2.45) is 5.92 Å². The third-order valence-electron chi connectivity index (χ3n) is 11.3. The average Bonchev–Trinajstić information content (AvgIpc) is 3.93. The van der Waals surface area contributed by atoms with Crippen molar-refractivity contribution in [1.29, 1.82) is 0 Å². The normalized spacial score (nSPS) is 23.5. The molecular formula is C42H50N6O7. The van der Waals surface area contributed by atoms with Crippen LogP contribution in [0.4, 0.5) is 5.69 Å². The number of aromatic nitrogens is 3. The Morgan fingerprint density at radius 1 is 1.00 bits per heavy atom. The standard InChI is InChI=1S/C42H50N6O7/c1-26(2)54-38-22-36-29(21-34(38)40(50)43-35-4-3-17-47(42(35)52)30-11-12-30)24-48(45-36)31-9-5-28(6-10-31)23-46-18-19-53-25-32(46)20-27-7-13-33(14-8-27)55-37-15-16-39(49)44-41(37)51/h3-4,7-8,13-14,17,21-22,24,26,28,30-32,37H,5-6,9-12,15-16,18-20,23,25H2,1-2H3,(H,43,50)(H,44,49,51)/t28?,31?,32-,37-/m0/s1. The number of ether oxygens (including phenoxy) is 3. The second-order valence-corrected chi connectivity index (χ2v) is 15.8. The quantitative estimate of drug-likeness (QED) is 0.181. The Morgan fingerprint density at radius 2 is 1.78 bits per heavy atom. The zero-order valence-electron chi connectivity index (χ0n) is 31.6. The van der Waals surface area contributed by atoms with E-state index in [1.54, 1.807) is 22.9 Å². The molecule has 13 heteroatoms. The first kappa shape index (κ1) is 36.9. The molecule has 2 atom stereocenters. The number of carbonyl (C=O) groups excluding carboxylic acids is 3. The number of pyridine rings is 1. The zero-order valence-corrected chi connectivity index (χ0v) is 31.6. The van der Waals surface area contributed by atoms with Gasteiger partial charge in [-0.3, -0.25) is 34.1 Å². The summed E-state index contributed by atoms with van der Waals surface area (Å²) in [5.41, 5.74) is 2.41. The van der Waals surface area contributed by atoms with Crippen molar-refractivity contribution in [2.75, 3.05) is 31.6 Å². The van der Waals surface area contributed by atoms with Crippen LogP contribution in [0, 0.1) is 5.92 Å². The molecule has 4 aliphatic rings. The average molecular weight is 751 g/mol. The van der Waals surface area contributed by atoms with Crippen molar-refractivity contribution in [2.45, 2.75) is 102 Å². The lowest BCUT2D eigenvalue weighted by Gasteiger charge is -2.39. The third kappa shape index (κ3) is 8.63. The van der Waals surface area contributed by atoms with Gasteiger partial charge in [-0.2, -0.15) is 5.10 Å². The van der Waals surface area contributed by atoms with Crippen LogP contribution in [0.2, 0.25) is 0 Å². The fourth-order valence-electron chi connectivity index (χ4n) is 8.19. The fraction of sp³-hybridized carbons (Fsp3) is 0.500. The number of hydrogen-bond donors (Lipinski definition) is 2. The Bertz CT molecular complexity index is 2100. The number of imide groups is 1. The highest BCUT2D eigenvalue weighted by molar-refractivity contribution is 6.08. The van der Waals surface area contributed by atoms with E-state index in [1.807, 2.05) is 44.3 Å². The predicted molar refractivity (Wildman–Crippen MR) is 207 cm³/mol. The van der Waals surface area contributed by atoms with Crippen molar-refractivity contribution in [3.63, 3.8) is 0 Å². The van der Waals surface area contributed by atoms with Gasteiger partial charge in [0.25, 0.3) is 17.4 Å². The minimum atomic E-state index is -0.647. The van der Waals surface area contributed by atoms with Crippen LogP contribution in [-0.2, 0) is 20.7 Å². The number of morpholine rings is 1. The molecule has 0 radical (unpaired) electrons. The number of rotatable bonds is 12. The van der Waals surface area contributed by atoms with E-state index in [1.165, 1.54) is 5.56 Å². The van der Waals surface area contributed by atoms with Gasteiger partial charge >= 0.3 is 0 Å². The first-order chi connectivity index (χ1) is 26.7. The van der Waals surface area contributed by atoms with E-state index in [0.29, 0.717) is 36.0 Å². The largest absolute Gasteiger partial charge is 0.490 e. The van der Waals surface area contributed by atoms with Crippen molar-refractivity contribution >= 4 is 34.3 Å². The van der Waals surface area contributed by atoms with Gasteiger partial charge in [0, 0.05) is 61.9 Å². The van der Waals surface area contributed by atoms with Crippen LogP contribution in [0.15, 0.2) is 65.7 Å². The summed E-state index contributed by atoms with van der Waals surface area (Å²) >= 11 is 0. The van der Waals surface area contributed by atoms with E-state index in [2.05, 4.69) is 32.3 Å². The number of piperidine rings is 1. The summed E-state index contributed by atoms with van der Waals surface area (Å²) in [5.74, 6) is 0.633. The van der Waals surface area contributed by atoms with E-state index in [4.69, 9.17) is 19.3 Å². The SMILES string of the molecule is CC(C)Oc1cc2nn(C3CCC(CN4CCOC[C@@H]4Cc4ccc(O[C@H]5CCC(=O)NC5=O)cc4)CC3)cc2cc1C(=O)Nc1cccn(C2CC2)c1=O. The summed E-state index contributed by atoms with van der Waals surface area (Å²) in [7, 11) is 0. The highest BCUT2D eigenvalue weighted by Gasteiger charge is 2.31. The van der Waals surface area contributed by atoms with Gasteiger partial charge < -0.3 is 24.1 Å². The highest BCUT2D eigenvalue weighted by Crippen LogP contribution is 2.36. The molecule has 4 heterocycles. The summed E-state index contributed by atoms with van der Waals surface area (Å²) in [4.78, 5) is 52.8. The maximum Gasteiger partial charge on any atom is 0.274 e. The van der Waals surface area contributed by atoms with Crippen molar-refractivity contribution < 1.29 is 28.6 Å². The molecule has 290 valence electrons. The van der Waals surface area contributed by atoms with Crippen molar-refractivity contribution in [3.8, 4) is 11.5 Å². The minimum Gasteiger partial charge on any atom is -0.490 e. The number of hydrogen-bond acceptors (Lipinski definition) is 9. The summed E-state index contributed by atoms with van der Waals surface area (Å²) in [6.45, 7) is 7.21. The number of fused-ring (bicyclic) bond motifs is 1. The Hall–Kier alpha value is -5.01. The predicted octanol–water partition coefficient (Wildman–Crippen LogP) is 5.43. The van der Waals surface area contributed by atoms with Crippen LogP contribution in [0.5, 0.6) is 11.5 Å². The van der Waals surface area contributed by atoms with E-state index < -0.39 is 6.10 Å². The molecule has 2 saturated heterocycles. The molecule has 2 aromatic carbocycles. The number of nitrogens with zero attached hydrogens (tertiary/aromatic N) is 4. The van der Waals surface area contributed by atoms with Crippen LogP contribution in [-0.4, -0.2) is 81.5 Å². The molecule has 2 aromatic heterocycles. The lowest BCUT2D eigenvalue weighted by Crippen LogP contribution is -2.48. The minimum absolute atomic E-state index is 0.150. The Balaban J connectivity index is 0.884. The number of nitrogens with one attached hydrogen (secondary N) is 2. The summed E-state index contributed by atoms with van der Waals surface area (Å²) in [6.07, 6.45) is 10.8. The van der Waals surface area contributed by atoms with Gasteiger partial charge in [0.15, 0.2) is 6.10 Å². The Labute approximate surface area is 320 Å². The summed E-state index contributed by atoms with van der Waals surface area (Å²) in [6, 6.07) is 15.8. The topological polar surface area (TPSA) is 146 Å². The molecule has 2 aliphatic carbocycles. The van der Waals surface area contributed by atoms with E-state index >= 15 is 0 Å². The van der Waals surface area contributed by atoms with Crippen LogP contribution >= 0.6 is 0 Å². The highest BCUT2D eigenvalue weighted by atomic mass is 16.5. The molecule has 3 amide bonds. The molecule has 4 aromatic rings. The Kier molecular flexibility index (Phi) is 10.7. The van der Waals surface area contributed by atoms with Crippen LogP contribution < -0.4 is 25.7 Å². The molecule has 2 aliphatic heterocycles. The Morgan fingerprint density at radius 3 is 2.53 bits per heavy atom. The van der Waals surface area contributed by atoms with Gasteiger partial charge in [0.05, 0.1) is 36.4 Å². The van der Waals surface area contributed by atoms with Gasteiger partial charge in [-0.15, -0.1) is 0 Å².